The molecular formula is C24H35N5. The molecule has 0 radical (unpaired) electrons. The van der Waals surface area contributed by atoms with E-state index in [4.69, 9.17) is 0 Å². The number of piperidine rings is 1. The largest absolute Gasteiger partial charge is 0.310 e. The van der Waals surface area contributed by atoms with E-state index in [9.17, 15) is 5.26 Å². The third kappa shape index (κ3) is 4.00. The normalized spacial score (nSPS) is 24.8. The first-order valence-corrected chi connectivity index (χ1v) is 11.6. The molecule has 1 aromatic heterocycles. The average Bonchev–Trinajstić information content (AvgIpc) is 3.08. The second-order valence-corrected chi connectivity index (χ2v) is 8.85. The molecule has 2 fully saturated rings. The van der Waals surface area contributed by atoms with Crippen LogP contribution in [0, 0.1) is 17.4 Å². The minimum absolute atomic E-state index is 0.424. The summed E-state index contributed by atoms with van der Waals surface area (Å²) in [5, 5.41) is 9.31. The van der Waals surface area contributed by atoms with Crippen molar-refractivity contribution >= 4 is 11.0 Å². The molecular weight excluding hydrogens is 358 g/mol. The Morgan fingerprint density at radius 1 is 0.966 bits per heavy atom. The molecule has 1 saturated heterocycles. The van der Waals surface area contributed by atoms with Crippen molar-refractivity contribution in [2.75, 3.05) is 13.1 Å². The standard InChI is InChI=1S/C24H35N5/c1-3-7-19-10-12-20(13-11-19)27-16-14-21(15-17-27)29-23-9-6-5-8-22(23)28(4-2)24(29)26-18-25/h5-6,8-9,19-21H,3-4,7,10-17H2,1-2H3. The Morgan fingerprint density at radius 3 is 2.28 bits per heavy atom. The molecule has 1 aromatic carbocycles. The maximum absolute atomic E-state index is 9.31. The lowest BCUT2D eigenvalue weighted by Crippen LogP contribution is -2.44. The molecule has 0 unspecified atom stereocenters. The molecule has 4 rings (SSSR count). The Balaban J connectivity index is 1.51. The zero-order valence-corrected chi connectivity index (χ0v) is 18.1. The van der Waals surface area contributed by atoms with Crippen LogP contribution in [0.5, 0.6) is 0 Å². The van der Waals surface area contributed by atoms with Gasteiger partial charge in [-0.15, -0.1) is 4.99 Å². The number of aryl methyl sites for hydroxylation is 1. The molecule has 0 bridgehead atoms. The van der Waals surface area contributed by atoms with Gasteiger partial charge in [0, 0.05) is 31.7 Å². The van der Waals surface area contributed by atoms with Gasteiger partial charge in [0.15, 0.2) is 0 Å². The average molecular weight is 394 g/mol. The van der Waals surface area contributed by atoms with E-state index >= 15 is 0 Å². The molecule has 5 heteroatoms. The summed E-state index contributed by atoms with van der Waals surface area (Å²) in [5.74, 6) is 0.972. The van der Waals surface area contributed by atoms with Crippen molar-refractivity contribution < 1.29 is 0 Å². The highest BCUT2D eigenvalue weighted by Gasteiger charge is 2.30. The molecule has 1 saturated carbocycles. The summed E-state index contributed by atoms with van der Waals surface area (Å²) in [6.45, 7) is 7.60. The Bertz CT molecular complexity index is 915. The first kappa shape index (κ1) is 20.2. The van der Waals surface area contributed by atoms with Crippen molar-refractivity contribution in [1.82, 2.24) is 14.0 Å². The van der Waals surface area contributed by atoms with Gasteiger partial charge in [0.1, 0.15) is 0 Å². The minimum atomic E-state index is 0.424. The van der Waals surface area contributed by atoms with Crippen molar-refractivity contribution in [2.24, 2.45) is 10.9 Å². The van der Waals surface area contributed by atoms with Gasteiger partial charge in [0.25, 0.3) is 0 Å². The molecule has 2 aliphatic rings. The maximum atomic E-state index is 9.31. The van der Waals surface area contributed by atoms with Crippen LogP contribution >= 0.6 is 0 Å². The SMILES string of the molecule is CCCC1CCC(N2CCC(n3c(=NC#N)n(CC)c4ccccc43)CC2)CC1. The van der Waals surface area contributed by atoms with Crippen LogP contribution in [-0.2, 0) is 6.54 Å². The van der Waals surface area contributed by atoms with Crippen LogP contribution in [0.3, 0.4) is 0 Å². The minimum Gasteiger partial charge on any atom is -0.310 e. The van der Waals surface area contributed by atoms with Gasteiger partial charge in [-0.2, -0.15) is 5.26 Å². The zero-order valence-electron chi connectivity index (χ0n) is 18.1. The van der Waals surface area contributed by atoms with E-state index in [0.29, 0.717) is 6.04 Å². The second-order valence-electron chi connectivity index (χ2n) is 8.85. The van der Waals surface area contributed by atoms with Crippen LogP contribution in [0.2, 0.25) is 0 Å². The van der Waals surface area contributed by atoms with Crippen LogP contribution in [0.1, 0.15) is 71.3 Å². The van der Waals surface area contributed by atoms with Gasteiger partial charge in [-0.1, -0.05) is 31.9 Å². The summed E-state index contributed by atoms with van der Waals surface area (Å²) in [6, 6.07) is 9.71. The van der Waals surface area contributed by atoms with Crippen molar-refractivity contribution in [2.45, 2.75) is 83.8 Å². The Hall–Kier alpha value is -2.06. The number of aromatic nitrogens is 2. The van der Waals surface area contributed by atoms with Gasteiger partial charge in [0.05, 0.1) is 11.0 Å². The van der Waals surface area contributed by atoms with Crippen molar-refractivity contribution in [3.05, 3.63) is 29.9 Å². The van der Waals surface area contributed by atoms with E-state index < -0.39 is 0 Å². The lowest BCUT2D eigenvalue weighted by Gasteiger charge is -2.41. The van der Waals surface area contributed by atoms with Gasteiger partial charge in [-0.25, -0.2) is 0 Å². The van der Waals surface area contributed by atoms with Crippen molar-refractivity contribution in [3.63, 3.8) is 0 Å². The molecule has 0 atom stereocenters. The lowest BCUT2D eigenvalue weighted by molar-refractivity contribution is 0.0947. The van der Waals surface area contributed by atoms with E-state index in [2.05, 4.69) is 57.1 Å². The molecule has 29 heavy (non-hydrogen) atoms. The summed E-state index contributed by atoms with van der Waals surface area (Å²) in [5.41, 5.74) is 3.21. The molecule has 0 amide bonds. The molecule has 1 aliphatic heterocycles. The van der Waals surface area contributed by atoms with Gasteiger partial charge in [-0.05, 0) is 63.5 Å². The zero-order chi connectivity index (χ0) is 20.2. The fraction of sp³-hybridized carbons (Fsp3) is 0.667. The van der Waals surface area contributed by atoms with Gasteiger partial charge < -0.3 is 14.0 Å². The summed E-state index contributed by atoms with van der Waals surface area (Å²) in [6.07, 6.45) is 12.7. The number of nitrogens with zero attached hydrogens (tertiary/aromatic N) is 5. The highest BCUT2D eigenvalue weighted by Crippen LogP contribution is 2.33. The number of nitriles is 1. The first-order valence-electron chi connectivity index (χ1n) is 11.6. The van der Waals surface area contributed by atoms with Crippen LogP contribution in [0.25, 0.3) is 11.0 Å². The molecule has 2 heterocycles. The number of imidazole rings is 1. The molecule has 5 nitrogen and oxygen atoms in total. The van der Waals surface area contributed by atoms with Crippen LogP contribution in [0.15, 0.2) is 29.3 Å². The van der Waals surface area contributed by atoms with E-state index in [0.717, 1.165) is 37.0 Å². The highest BCUT2D eigenvalue weighted by atomic mass is 15.2. The number of para-hydroxylation sites is 2. The second kappa shape index (κ2) is 9.17. The van der Waals surface area contributed by atoms with Gasteiger partial charge in [-0.3, -0.25) is 0 Å². The summed E-state index contributed by atoms with van der Waals surface area (Å²) < 4.78 is 4.53. The lowest BCUT2D eigenvalue weighted by atomic mass is 9.82. The van der Waals surface area contributed by atoms with Crippen LogP contribution in [0.4, 0.5) is 0 Å². The third-order valence-electron chi connectivity index (χ3n) is 7.25. The fourth-order valence-corrected chi connectivity index (χ4v) is 5.79. The topological polar surface area (TPSA) is 49.2 Å². The summed E-state index contributed by atoms with van der Waals surface area (Å²) >= 11 is 0. The van der Waals surface area contributed by atoms with Crippen LogP contribution in [-0.4, -0.2) is 33.2 Å². The van der Waals surface area contributed by atoms with Gasteiger partial charge in [0.2, 0.25) is 11.8 Å². The number of rotatable bonds is 5. The number of benzene rings is 1. The first-order chi connectivity index (χ1) is 14.3. The smallest absolute Gasteiger partial charge is 0.221 e. The number of hydrogen-bond donors (Lipinski definition) is 0. The molecule has 2 aromatic rings. The number of hydrogen-bond acceptors (Lipinski definition) is 3. The summed E-state index contributed by atoms with van der Waals surface area (Å²) in [4.78, 5) is 6.99. The number of fused-ring (bicyclic) bond motifs is 1. The highest BCUT2D eigenvalue weighted by molar-refractivity contribution is 5.76. The Labute approximate surface area is 174 Å². The van der Waals surface area contributed by atoms with E-state index in [1.165, 1.54) is 62.6 Å². The summed E-state index contributed by atoms with van der Waals surface area (Å²) in [7, 11) is 0. The van der Waals surface area contributed by atoms with Crippen molar-refractivity contribution in [1.29, 1.82) is 5.26 Å². The Morgan fingerprint density at radius 2 is 1.66 bits per heavy atom. The molecule has 0 N–H and O–H groups in total. The fourth-order valence-electron chi connectivity index (χ4n) is 5.79. The van der Waals surface area contributed by atoms with Crippen molar-refractivity contribution in [3.8, 4) is 6.19 Å². The predicted octanol–water partition coefficient (Wildman–Crippen LogP) is 4.84. The van der Waals surface area contributed by atoms with E-state index in [-0.39, 0.29) is 0 Å². The molecule has 156 valence electrons. The third-order valence-corrected chi connectivity index (χ3v) is 7.25. The Kier molecular flexibility index (Phi) is 6.40. The monoisotopic (exact) mass is 393 g/mol. The number of likely N-dealkylation sites (tertiary alicyclic amines) is 1. The maximum Gasteiger partial charge on any atom is 0.221 e. The molecule has 0 spiro atoms. The predicted molar refractivity (Wildman–Crippen MR) is 117 cm³/mol. The molecule has 1 aliphatic carbocycles. The van der Waals surface area contributed by atoms with E-state index in [1.807, 2.05) is 6.19 Å². The van der Waals surface area contributed by atoms with E-state index in [1.54, 1.807) is 0 Å². The van der Waals surface area contributed by atoms with Crippen LogP contribution < -0.4 is 5.62 Å². The van der Waals surface area contributed by atoms with Gasteiger partial charge >= 0.3 is 0 Å². The quantitative estimate of drug-likeness (QED) is 0.683.